The largest absolute Gasteiger partial charge is 0.390 e. The Morgan fingerprint density at radius 3 is 3.08 bits per heavy atom. The van der Waals surface area contributed by atoms with E-state index in [-0.39, 0.29) is 18.0 Å². The molecule has 4 nitrogen and oxygen atoms in total. The molecular weight excluding hydrogens is 306 g/mol. The predicted octanol–water partition coefficient (Wildman–Crippen LogP) is 0.448. The van der Waals surface area contributed by atoms with Gasteiger partial charge in [-0.1, -0.05) is 0 Å². The lowest BCUT2D eigenvalue weighted by molar-refractivity contribution is 0.174. The molecule has 0 fully saturated rings. The SMILES string of the molecule is O=c1c(I)cncn1CC(O)CCl. The summed E-state index contributed by atoms with van der Waals surface area (Å²) in [6.45, 7) is 0.187. The summed E-state index contributed by atoms with van der Waals surface area (Å²) in [6.07, 6.45) is 2.16. The van der Waals surface area contributed by atoms with Crippen LogP contribution in [-0.4, -0.2) is 26.6 Å². The molecule has 0 spiro atoms. The van der Waals surface area contributed by atoms with Crippen LogP contribution in [0.3, 0.4) is 0 Å². The van der Waals surface area contributed by atoms with Crippen LogP contribution in [0.15, 0.2) is 17.3 Å². The fourth-order valence-corrected chi connectivity index (χ4v) is 1.40. The van der Waals surface area contributed by atoms with E-state index in [4.69, 9.17) is 11.6 Å². The van der Waals surface area contributed by atoms with Crippen LogP contribution < -0.4 is 5.56 Å². The average Bonchev–Trinajstić information content (AvgIpc) is 2.13. The van der Waals surface area contributed by atoms with Gasteiger partial charge in [-0.15, -0.1) is 11.6 Å². The first-order valence-electron chi connectivity index (χ1n) is 3.59. The van der Waals surface area contributed by atoms with Crippen LogP contribution in [0.2, 0.25) is 0 Å². The summed E-state index contributed by atoms with van der Waals surface area (Å²) in [5, 5.41) is 9.20. The summed E-state index contributed by atoms with van der Waals surface area (Å²) < 4.78 is 1.87. The first kappa shape index (κ1) is 10.9. The highest BCUT2D eigenvalue weighted by Crippen LogP contribution is 1.95. The Morgan fingerprint density at radius 2 is 2.46 bits per heavy atom. The van der Waals surface area contributed by atoms with Crippen LogP contribution in [0.1, 0.15) is 0 Å². The van der Waals surface area contributed by atoms with Gasteiger partial charge in [-0.25, -0.2) is 4.98 Å². The molecule has 6 heteroatoms. The van der Waals surface area contributed by atoms with Crippen molar-refractivity contribution in [2.75, 3.05) is 5.88 Å². The maximum absolute atomic E-state index is 11.4. The van der Waals surface area contributed by atoms with Crippen molar-refractivity contribution in [2.24, 2.45) is 0 Å². The van der Waals surface area contributed by atoms with Crippen LogP contribution in [0.25, 0.3) is 0 Å². The number of aliphatic hydroxyl groups is 1. The lowest BCUT2D eigenvalue weighted by Crippen LogP contribution is -2.28. The highest BCUT2D eigenvalue weighted by Gasteiger charge is 2.06. The lowest BCUT2D eigenvalue weighted by Gasteiger charge is -2.08. The number of halogens is 2. The molecule has 0 saturated carbocycles. The third-order valence-corrected chi connectivity index (χ3v) is 2.54. The molecule has 1 N–H and O–H groups in total. The zero-order chi connectivity index (χ0) is 9.84. The summed E-state index contributed by atoms with van der Waals surface area (Å²) in [4.78, 5) is 15.2. The first-order chi connectivity index (χ1) is 6.15. The van der Waals surface area contributed by atoms with Crippen LogP contribution in [0.5, 0.6) is 0 Å². The summed E-state index contributed by atoms with van der Waals surface area (Å²) in [6, 6.07) is 0. The molecule has 1 atom stereocenters. The first-order valence-corrected chi connectivity index (χ1v) is 5.20. The van der Waals surface area contributed by atoms with Crippen molar-refractivity contribution in [1.82, 2.24) is 9.55 Å². The van der Waals surface area contributed by atoms with Gasteiger partial charge in [0.05, 0.1) is 28.4 Å². The Morgan fingerprint density at radius 1 is 1.77 bits per heavy atom. The highest BCUT2D eigenvalue weighted by atomic mass is 127. The number of aliphatic hydroxyl groups excluding tert-OH is 1. The molecule has 1 heterocycles. The van der Waals surface area contributed by atoms with Crippen molar-refractivity contribution < 1.29 is 5.11 Å². The second-order valence-electron chi connectivity index (χ2n) is 2.51. The molecule has 0 amide bonds. The number of hydrogen-bond donors (Lipinski definition) is 1. The Bertz CT molecular complexity index is 342. The smallest absolute Gasteiger partial charge is 0.266 e. The molecule has 1 aromatic rings. The molecule has 0 aliphatic rings. The van der Waals surface area contributed by atoms with E-state index in [1.54, 1.807) is 0 Å². The molecule has 0 radical (unpaired) electrons. The van der Waals surface area contributed by atoms with Crippen LogP contribution in [0, 0.1) is 3.57 Å². The van der Waals surface area contributed by atoms with Crippen LogP contribution in [-0.2, 0) is 6.54 Å². The van der Waals surface area contributed by atoms with Gasteiger partial charge >= 0.3 is 0 Å². The third kappa shape index (κ3) is 2.92. The molecule has 0 aromatic carbocycles. The summed E-state index contributed by atoms with van der Waals surface area (Å²) in [5.74, 6) is 0.109. The zero-order valence-electron chi connectivity index (χ0n) is 6.65. The molecular formula is C7H8ClIN2O2. The maximum atomic E-state index is 11.4. The predicted molar refractivity (Wildman–Crippen MR) is 57.9 cm³/mol. The normalized spacial score (nSPS) is 12.8. The molecule has 0 aliphatic carbocycles. The molecule has 13 heavy (non-hydrogen) atoms. The minimum absolute atomic E-state index is 0.109. The Balaban J connectivity index is 2.89. The quantitative estimate of drug-likeness (QED) is 0.651. The van der Waals surface area contributed by atoms with Gasteiger partial charge in [-0.05, 0) is 22.6 Å². The second kappa shape index (κ2) is 4.92. The maximum Gasteiger partial charge on any atom is 0.266 e. The number of rotatable bonds is 3. The number of hydrogen-bond acceptors (Lipinski definition) is 3. The summed E-state index contributed by atoms with van der Waals surface area (Å²) in [5.41, 5.74) is -0.153. The van der Waals surface area contributed by atoms with Gasteiger partial charge in [0.25, 0.3) is 5.56 Å². The number of nitrogens with zero attached hydrogens (tertiary/aromatic N) is 2. The Hall–Kier alpha value is -0.140. The lowest BCUT2D eigenvalue weighted by atomic mass is 10.4. The van der Waals surface area contributed by atoms with Crippen molar-refractivity contribution in [2.45, 2.75) is 12.6 Å². The topological polar surface area (TPSA) is 55.1 Å². The highest BCUT2D eigenvalue weighted by molar-refractivity contribution is 14.1. The third-order valence-electron chi connectivity index (χ3n) is 1.44. The van der Waals surface area contributed by atoms with Gasteiger partial charge in [-0.2, -0.15) is 0 Å². The molecule has 1 unspecified atom stereocenters. The van der Waals surface area contributed by atoms with Crippen molar-refractivity contribution in [1.29, 1.82) is 0 Å². The molecule has 0 aliphatic heterocycles. The van der Waals surface area contributed by atoms with Gasteiger partial charge in [0.15, 0.2) is 0 Å². The molecule has 72 valence electrons. The number of aromatic nitrogens is 2. The number of alkyl halides is 1. The fourth-order valence-electron chi connectivity index (χ4n) is 0.830. The molecule has 1 rings (SSSR count). The second-order valence-corrected chi connectivity index (χ2v) is 3.98. The van der Waals surface area contributed by atoms with E-state index < -0.39 is 6.10 Å². The van der Waals surface area contributed by atoms with Crippen molar-refractivity contribution in [3.63, 3.8) is 0 Å². The fraction of sp³-hybridized carbons (Fsp3) is 0.429. The monoisotopic (exact) mass is 314 g/mol. The van der Waals surface area contributed by atoms with Crippen molar-refractivity contribution in [3.05, 3.63) is 26.4 Å². The van der Waals surface area contributed by atoms with Crippen LogP contribution in [0.4, 0.5) is 0 Å². The molecule has 1 aromatic heterocycles. The Labute approximate surface area is 93.7 Å². The van der Waals surface area contributed by atoms with E-state index >= 15 is 0 Å². The van der Waals surface area contributed by atoms with Gasteiger partial charge < -0.3 is 5.11 Å². The van der Waals surface area contributed by atoms with Gasteiger partial charge in [0.2, 0.25) is 0 Å². The van der Waals surface area contributed by atoms with Gasteiger partial charge in [-0.3, -0.25) is 9.36 Å². The minimum atomic E-state index is -0.709. The summed E-state index contributed by atoms with van der Waals surface area (Å²) in [7, 11) is 0. The minimum Gasteiger partial charge on any atom is -0.390 e. The summed E-state index contributed by atoms with van der Waals surface area (Å²) >= 11 is 7.30. The van der Waals surface area contributed by atoms with E-state index in [1.807, 2.05) is 22.6 Å². The van der Waals surface area contributed by atoms with Gasteiger partial charge in [0.1, 0.15) is 0 Å². The molecule has 0 bridgehead atoms. The van der Waals surface area contributed by atoms with Crippen LogP contribution >= 0.6 is 34.2 Å². The van der Waals surface area contributed by atoms with E-state index in [9.17, 15) is 9.90 Å². The van der Waals surface area contributed by atoms with E-state index in [2.05, 4.69) is 4.98 Å². The Kier molecular flexibility index (Phi) is 4.14. The van der Waals surface area contributed by atoms with E-state index in [0.717, 1.165) is 0 Å². The molecule has 0 saturated heterocycles. The zero-order valence-corrected chi connectivity index (χ0v) is 9.57. The average molecular weight is 315 g/mol. The van der Waals surface area contributed by atoms with Crippen molar-refractivity contribution >= 4 is 34.2 Å². The van der Waals surface area contributed by atoms with E-state index in [1.165, 1.54) is 17.1 Å². The van der Waals surface area contributed by atoms with Crippen molar-refractivity contribution in [3.8, 4) is 0 Å². The van der Waals surface area contributed by atoms with E-state index in [0.29, 0.717) is 3.57 Å². The standard InChI is InChI=1S/C7H8ClIN2O2/c8-1-5(12)3-11-4-10-2-6(9)7(11)13/h2,4-5,12H,1,3H2. The van der Waals surface area contributed by atoms with Gasteiger partial charge in [0, 0.05) is 6.20 Å².